The van der Waals surface area contributed by atoms with Crippen molar-refractivity contribution in [2.24, 2.45) is 5.73 Å². The predicted octanol–water partition coefficient (Wildman–Crippen LogP) is 3.56. The number of hydrogen-bond donors (Lipinski definition) is 2. The molecular formula is C21H21N5O. The van der Waals surface area contributed by atoms with Crippen LogP contribution in [0.3, 0.4) is 0 Å². The van der Waals surface area contributed by atoms with Crippen LogP contribution >= 0.6 is 0 Å². The molecule has 0 radical (unpaired) electrons. The summed E-state index contributed by atoms with van der Waals surface area (Å²) in [7, 11) is 0. The fraction of sp³-hybridized carbons (Fsp3) is 0.190. The molecule has 3 N–H and O–H groups in total. The lowest BCUT2D eigenvalue weighted by Crippen LogP contribution is -2.07. The van der Waals surface area contributed by atoms with Crippen molar-refractivity contribution >= 4 is 10.9 Å². The van der Waals surface area contributed by atoms with Crippen molar-refractivity contribution in [3.8, 4) is 17.1 Å². The van der Waals surface area contributed by atoms with Crippen molar-refractivity contribution in [2.75, 3.05) is 0 Å². The van der Waals surface area contributed by atoms with Gasteiger partial charge in [-0.1, -0.05) is 24.3 Å². The SMILES string of the molecule is C[C@H](O)c1cccc(-n2ncc3ccc(-c4cccc([C@@H](C)N)n4)cc32)n1. The average Bonchev–Trinajstić information content (AvgIpc) is 3.11. The van der Waals surface area contributed by atoms with Gasteiger partial charge < -0.3 is 10.8 Å². The number of nitrogens with two attached hydrogens (primary N) is 1. The molecular weight excluding hydrogens is 338 g/mol. The summed E-state index contributed by atoms with van der Waals surface area (Å²) in [5.41, 5.74) is 10.2. The summed E-state index contributed by atoms with van der Waals surface area (Å²) >= 11 is 0. The maximum absolute atomic E-state index is 9.81. The van der Waals surface area contributed by atoms with Crippen molar-refractivity contribution < 1.29 is 5.11 Å². The second kappa shape index (κ2) is 6.90. The molecule has 6 nitrogen and oxygen atoms in total. The van der Waals surface area contributed by atoms with Gasteiger partial charge in [-0.25, -0.2) is 9.67 Å². The summed E-state index contributed by atoms with van der Waals surface area (Å²) in [6.07, 6.45) is 1.18. The van der Waals surface area contributed by atoms with Gasteiger partial charge in [0.05, 0.1) is 34.9 Å². The van der Waals surface area contributed by atoms with Gasteiger partial charge in [-0.2, -0.15) is 5.10 Å². The van der Waals surface area contributed by atoms with Crippen molar-refractivity contribution in [3.05, 3.63) is 72.2 Å². The molecule has 0 bridgehead atoms. The molecule has 0 aliphatic rings. The number of fused-ring (bicyclic) bond motifs is 1. The molecule has 0 amide bonds. The van der Waals surface area contributed by atoms with Crippen molar-refractivity contribution in [3.63, 3.8) is 0 Å². The number of pyridine rings is 2. The summed E-state index contributed by atoms with van der Waals surface area (Å²) in [6.45, 7) is 3.62. The van der Waals surface area contributed by atoms with E-state index in [9.17, 15) is 5.11 Å². The summed E-state index contributed by atoms with van der Waals surface area (Å²) < 4.78 is 1.78. The second-order valence-electron chi connectivity index (χ2n) is 6.66. The normalized spacial score (nSPS) is 13.6. The van der Waals surface area contributed by atoms with E-state index in [4.69, 9.17) is 5.73 Å². The third-order valence-electron chi connectivity index (χ3n) is 4.50. The van der Waals surface area contributed by atoms with Crippen LogP contribution in [0, 0.1) is 0 Å². The van der Waals surface area contributed by atoms with Gasteiger partial charge in [0, 0.05) is 17.0 Å². The van der Waals surface area contributed by atoms with E-state index in [2.05, 4.69) is 15.1 Å². The number of hydrogen-bond acceptors (Lipinski definition) is 5. The smallest absolute Gasteiger partial charge is 0.154 e. The Morgan fingerprint density at radius 2 is 1.74 bits per heavy atom. The molecule has 0 aliphatic carbocycles. The van der Waals surface area contributed by atoms with Crippen LogP contribution in [0.4, 0.5) is 0 Å². The molecule has 3 aromatic heterocycles. The number of aromatic nitrogens is 4. The Morgan fingerprint density at radius 1 is 0.963 bits per heavy atom. The molecule has 4 aromatic rings. The van der Waals surface area contributed by atoms with E-state index in [-0.39, 0.29) is 6.04 Å². The third kappa shape index (κ3) is 3.32. The van der Waals surface area contributed by atoms with E-state index >= 15 is 0 Å². The van der Waals surface area contributed by atoms with Crippen LogP contribution in [0.1, 0.15) is 37.4 Å². The first kappa shape index (κ1) is 17.3. The minimum absolute atomic E-state index is 0.119. The Kier molecular flexibility index (Phi) is 4.43. The molecule has 1 aromatic carbocycles. The Bertz CT molecular complexity index is 1100. The van der Waals surface area contributed by atoms with Crippen LogP contribution in [0.5, 0.6) is 0 Å². The fourth-order valence-corrected chi connectivity index (χ4v) is 3.02. The van der Waals surface area contributed by atoms with Gasteiger partial charge in [-0.05, 0) is 44.2 Å². The first-order valence-electron chi connectivity index (χ1n) is 8.89. The molecule has 0 unspecified atom stereocenters. The van der Waals surface area contributed by atoms with Gasteiger partial charge >= 0.3 is 0 Å². The number of aliphatic hydroxyl groups excluding tert-OH is 1. The first-order chi connectivity index (χ1) is 13.0. The fourth-order valence-electron chi connectivity index (χ4n) is 3.02. The first-order valence-corrected chi connectivity index (χ1v) is 8.89. The van der Waals surface area contributed by atoms with Crippen LogP contribution in [0.25, 0.3) is 28.0 Å². The van der Waals surface area contributed by atoms with Gasteiger partial charge in [0.1, 0.15) is 0 Å². The average molecular weight is 359 g/mol. The number of rotatable bonds is 4. The Balaban J connectivity index is 1.82. The maximum Gasteiger partial charge on any atom is 0.154 e. The van der Waals surface area contributed by atoms with Crippen LogP contribution < -0.4 is 5.73 Å². The van der Waals surface area contributed by atoms with E-state index in [1.807, 2.05) is 61.7 Å². The summed E-state index contributed by atoms with van der Waals surface area (Å²) in [6, 6.07) is 17.4. The zero-order valence-corrected chi connectivity index (χ0v) is 15.2. The van der Waals surface area contributed by atoms with Crippen LogP contribution in [-0.4, -0.2) is 24.9 Å². The molecule has 0 saturated carbocycles. The summed E-state index contributed by atoms with van der Waals surface area (Å²) in [5.74, 6) is 0.665. The lowest BCUT2D eigenvalue weighted by atomic mass is 10.1. The minimum Gasteiger partial charge on any atom is -0.387 e. The Hall–Kier alpha value is -3.09. The van der Waals surface area contributed by atoms with E-state index < -0.39 is 6.10 Å². The van der Waals surface area contributed by atoms with Gasteiger partial charge in [0.2, 0.25) is 0 Å². The predicted molar refractivity (Wildman–Crippen MR) is 105 cm³/mol. The van der Waals surface area contributed by atoms with Crippen molar-refractivity contribution in [2.45, 2.75) is 26.0 Å². The zero-order chi connectivity index (χ0) is 19.0. The van der Waals surface area contributed by atoms with Gasteiger partial charge in [-0.15, -0.1) is 0 Å². The maximum atomic E-state index is 9.81. The molecule has 0 spiro atoms. The lowest BCUT2D eigenvalue weighted by molar-refractivity contribution is 0.194. The summed E-state index contributed by atoms with van der Waals surface area (Å²) in [4.78, 5) is 9.19. The van der Waals surface area contributed by atoms with Crippen molar-refractivity contribution in [1.82, 2.24) is 19.7 Å². The monoisotopic (exact) mass is 359 g/mol. The van der Waals surface area contributed by atoms with E-state index in [1.165, 1.54) is 0 Å². The van der Waals surface area contributed by atoms with Gasteiger partial charge in [0.25, 0.3) is 0 Å². The molecule has 0 saturated heterocycles. The second-order valence-corrected chi connectivity index (χ2v) is 6.66. The van der Waals surface area contributed by atoms with E-state index in [0.29, 0.717) is 11.5 Å². The van der Waals surface area contributed by atoms with E-state index in [1.54, 1.807) is 17.7 Å². The lowest BCUT2D eigenvalue weighted by Gasteiger charge is -2.09. The quantitative estimate of drug-likeness (QED) is 0.581. The van der Waals surface area contributed by atoms with Gasteiger partial charge in [-0.3, -0.25) is 4.98 Å². The molecule has 0 aliphatic heterocycles. The third-order valence-corrected chi connectivity index (χ3v) is 4.50. The standard InChI is InChI=1S/C21H21N5O/c1-13(22)17-5-3-7-19(24-17)15-9-10-16-12-23-26(20(16)11-15)21-8-4-6-18(25-21)14(2)27/h3-14,27H,22H2,1-2H3/t13-,14+/m1/s1. The van der Waals surface area contributed by atoms with Gasteiger partial charge in [0.15, 0.2) is 5.82 Å². The highest BCUT2D eigenvalue weighted by molar-refractivity contribution is 5.84. The molecule has 3 heterocycles. The molecule has 136 valence electrons. The largest absolute Gasteiger partial charge is 0.387 e. The summed E-state index contributed by atoms with van der Waals surface area (Å²) in [5, 5.41) is 15.3. The topological polar surface area (TPSA) is 89.8 Å². The van der Waals surface area contributed by atoms with E-state index in [0.717, 1.165) is 27.9 Å². The highest BCUT2D eigenvalue weighted by atomic mass is 16.3. The highest BCUT2D eigenvalue weighted by Crippen LogP contribution is 2.25. The Labute approximate surface area is 157 Å². The number of aliphatic hydroxyl groups is 1. The van der Waals surface area contributed by atoms with Crippen LogP contribution in [0.2, 0.25) is 0 Å². The minimum atomic E-state index is -0.632. The van der Waals surface area contributed by atoms with Crippen molar-refractivity contribution in [1.29, 1.82) is 0 Å². The number of nitrogens with zero attached hydrogens (tertiary/aromatic N) is 4. The highest BCUT2D eigenvalue weighted by Gasteiger charge is 2.11. The number of benzene rings is 1. The molecule has 4 rings (SSSR count). The molecule has 0 fully saturated rings. The Morgan fingerprint density at radius 3 is 2.52 bits per heavy atom. The van der Waals surface area contributed by atoms with Crippen LogP contribution in [0.15, 0.2) is 60.8 Å². The molecule has 2 atom stereocenters. The van der Waals surface area contributed by atoms with Crippen LogP contribution in [-0.2, 0) is 0 Å². The zero-order valence-electron chi connectivity index (χ0n) is 15.2. The molecule has 6 heteroatoms. The molecule has 27 heavy (non-hydrogen) atoms.